The largest absolute Gasteiger partial charge is 0.310 e. The number of nitrogens with zero attached hydrogens (tertiary/aromatic N) is 2. The molecule has 0 saturated carbocycles. The van der Waals surface area contributed by atoms with E-state index in [2.05, 4.69) is 56.8 Å². The Bertz CT molecular complexity index is 244. The minimum Gasteiger partial charge on any atom is -0.310 e. The van der Waals surface area contributed by atoms with Crippen molar-refractivity contribution >= 4 is 0 Å². The van der Waals surface area contributed by atoms with Gasteiger partial charge in [0.15, 0.2) is 0 Å². The minimum absolute atomic E-state index is 0.265. The molecule has 19 heavy (non-hydrogen) atoms. The summed E-state index contributed by atoms with van der Waals surface area (Å²) in [6.07, 6.45) is 3.83. The number of rotatable bonds is 7. The van der Waals surface area contributed by atoms with E-state index in [4.69, 9.17) is 0 Å². The van der Waals surface area contributed by atoms with Crippen molar-refractivity contribution < 1.29 is 0 Å². The Balaban J connectivity index is 2.34. The van der Waals surface area contributed by atoms with Crippen molar-refractivity contribution in [2.75, 3.05) is 33.2 Å². The van der Waals surface area contributed by atoms with Crippen molar-refractivity contribution in [3.63, 3.8) is 0 Å². The molecule has 1 atom stereocenters. The zero-order valence-electron chi connectivity index (χ0n) is 14.0. The number of hydrogen-bond donors (Lipinski definition) is 1. The summed E-state index contributed by atoms with van der Waals surface area (Å²) in [7, 11) is 2.30. The van der Waals surface area contributed by atoms with Gasteiger partial charge in [0.05, 0.1) is 0 Å². The molecule has 1 aliphatic rings. The molecule has 1 saturated heterocycles. The van der Waals surface area contributed by atoms with Crippen LogP contribution in [0.5, 0.6) is 0 Å². The summed E-state index contributed by atoms with van der Waals surface area (Å²) in [4.78, 5) is 5.15. The van der Waals surface area contributed by atoms with Gasteiger partial charge in [-0.3, -0.25) is 4.90 Å². The highest BCUT2D eigenvalue weighted by Crippen LogP contribution is 2.17. The van der Waals surface area contributed by atoms with Gasteiger partial charge in [-0.1, -0.05) is 13.8 Å². The van der Waals surface area contributed by atoms with Crippen LogP contribution in [0.3, 0.4) is 0 Å². The fraction of sp³-hybridized carbons (Fsp3) is 1.00. The van der Waals surface area contributed by atoms with Crippen molar-refractivity contribution in [2.45, 2.75) is 71.5 Å². The summed E-state index contributed by atoms with van der Waals surface area (Å²) < 4.78 is 0. The molecule has 0 aromatic carbocycles. The van der Waals surface area contributed by atoms with E-state index in [9.17, 15) is 0 Å². The average Bonchev–Trinajstić information content (AvgIpc) is 2.44. The van der Waals surface area contributed by atoms with Crippen molar-refractivity contribution in [1.29, 1.82) is 0 Å². The highest BCUT2D eigenvalue weighted by atomic mass is 15.2. The molecule has 1 rings (SSSR count). The lowest BCUT2D eigenvalue weighted by molar-refractivity contribution is 0.100. The van der Waals surface area contributed by atoms with Crippen LogP contribution in [0.25, 0.3) is 0 Å². The Kier molecular flexibility index (Phi) is 6.78. The van der Waals surface area contributed by atoms with Crippen LogP contribution < -0.4 is 5.32 Å². The van der Waals surface area contributed by atoms with E-state index in [0.29, 0.717) is 6.04 Å². The van der Waals surface area contributed by atoms with Gasteiger partial charge in [0, 0.05) is 24.2 Å². The second-order valence-corrected chi connectivity index (χ2v) is 6.80. The monoisotopic (exact) mass is 269 g/mol. The van der Waals surface area contributed by atoms with Gasteiger partial charge in [0.25, 0.3) is 0 Å². The maximum absolute atomic E-state index is 3.70. The summed E-state index contributed by atoms with van der Waals surface area (Å²) in [6.45, 7) is 16.3. The standard InChI is InChI=1S/C16H35N3/c1-7-16(4,5)17-13-14(3)18(6)15-9-11-19(8-2)12-10-15/h14-15,17H,7-13H2,1-6H3. The quantitative estimate of drug-likeness (QED) is 0.766. The lowest BCUT2D eigenvalue weighted by Gasteiger charge is -2.40. The molecule has 0 aliphatic carbocycles. The fourth-order valence-electron chi connectivity index (χ4n) is 2.70. The molecule has 0 bridgehead atoms. The van der Waals surface area contributed by atoms with E-state index in [1.807, 2.05) is 0 Å². The molecular weight excluding hydrogens is 234 g/mol. The van der Waals surface area contributed by atoms with E-state index in [1.165, 1.54) is 38.9 Å². The van der Waals surface area contributed by atoms with E-state index in [1.54, 1.807) is 0 Å². The third-order valence-electron chi connectivity index (χ3n) is 5.04. The Hall–Kier alpha value is -0.120. The first kappa shape index (κ1) is 16.9. The van der Waals surface area contributed by atoms with Crippen molar-refractivity contribution in [3.8, 4) is 0 Å². The van der Waals surface area contributed by atoms with Crippen LogP contribution >= 0.6 is 0 Å². The highest BCUT2D eigenvalue weighted by Gasteiger charge is 2.25. The van der Waals surface area contributed by atoms with Crippen LogP contribution in [0.1, 0.15) is 53.9 Å². The van der Waals surface area contributed by atoms with Gasteiger partial charge in [0.2, 0.25) is 0 Å². The second-order valence-electron chi connectivity index (χ2n) is 6.80. The molecule has 1 N–H and O–H groups in total. The second kappa shape index (κ2) is 7.61. The first-order valence-electron chi connectivity index (χ1n) is 8.09. The van der Waals surface area contributed by atoms with E-state index in [-0.39, 0.29) is 5.54 Å². The summed E-state index contributed by atoms with van der Waals surface area (Å²) in [6, 6.07) is 1.38. The fourth-order valence-corrected chi connectivity index (χ4v) is 2.70. The molecule has 1 heterocycles. The molecule has 1 fully saturated rings. The predicted octanol–water partition coefficient (Wildman–Crippen LogP) is 2.57. The summed E-state index contributed by atoms with van der Waals surface area (Å²) >= 11 is 0. The maximum atomic E-state index is 3.70. The SMILES string of the molecule is CCN1CCC(N(C)C(C)CNC(C)(C)CC)CC1. The normalized spacial score (nSPS) is 21.0. The molecule has 0 aromatic heterocycles. The van der Waals surface area contributed by atoms with Gasteiger partial charge < -0.3 is 10.2 Å². The number of nitrogens with one attached hydrogen (secondary N) is 1. The average molecular weight is 269 g/mol. The van der Waals surface area contributed by atoms with Crippen molar-refractivity contribution in [2.24, 2.45) is 0 Å². The van der Waals surface area contributed by atoms with Gasteiger partial charge in [0.1, 0.15) is 0 Å². The summed E-state index contributed by atoms with van der Waals surface area (Å²) in [5.74, 6) is 0. The molecule has 114 valence electrons. The summed E-state index contributed by atoms with van der Waals surface area (Å²) in [5.41, 5.74) is 0.265. The van der Waals surface area contributed by atoms with Crippen LogP contribution in [0.2, 0.25) is 0 Å². The molecule has 0 radical (unpaired) electrons. The van der Waals surface area contributed by atoms with Crippen molar-refractivity contribution in [3.05, 3.63) is 0 Å². The van der Waals surface area contributed by atoms with Gasteiger partial charge in [-0.2, -0.15) is 0 Å². The molecule has 0 amide bonds. The van der Waals surface area contributed by atoms with Gasteiger partial charge in [-0.05, 0) is 66.7 Å². The molecule has 1 unspecified atom stereocenters. The van der Waals surface area contributed by atoms with Crippen LogP contribution in [0.4, 0.5) is 0 Å². The van der Waals surface area contributed by atoms with Crippen LogP contribution in [-0.2, 0) is 0 Å². The molecule has 0 aromatic rings. The third kappa shape index (κ3) is 5.41. The first-order valence-corrected chi connectivity index (χ1v) is 8.09. The van der Waals surface area contributed by atoms with E-state index < -0.39 is 0 Å². The lowest BCUT2D eigenvalue weighted by atomic mass is 10.00. The van der Waals surface area contributed by atoms with E-state index >= 15 is 0 Å². The predicted molar refractivity (Wildman–Crippen MR) is 84.7 cm³/mol. The Morgan fingerprint density at radius 3 is 2.32 bits per heavy atom. The number of likely N-dealkylation sites (N-methyl/N-ethyl adjacent to an activating group) is 1. The van der Waals surface area contributed by atoms with Crippen LogP contribution in [0, 0.1) is 0 Å². The first-order chi connectivity index (χ1) is 8.89. The smallest absolute Gasteiger partial charge is 0.0192 e. The molecular formula is C16H35N3. The van der Waals surface area contributed by atoms with Crippen molar-refractivity contribution in [1.82, 2.24) is 15.1 Å². The topological polar surface area (TPSA) is 18.5 Å². The highest BCUT2D eigenvalue weighted by molar-refractivity contribution is 4.83. The molecule has 0 spiro atoms. The van der Waals surface area contributed by atoms with E-state index in [0.717, 1.165) is 12.6 Å². The van der Waals surface area contributed by atoms with Crippen LogP contribution in [-0.4, -0.2) is 60.6 Å². The zero-order valence-corrected chi connectivity index (χ0v) is 14.0. The zero-order chi connectivity index (χ0) is 14.5. The van der Waals surface area contributed by atoms with Gasteiger partial charge >= 0.3 is 0 Å². The molecule has 3 nitrogen and oxygen atoms in total. The Morgan fingerprint density at radius 1 is 1.26 bits per heavy atom. The Morgan fingerprint density at radius 2 is 1.84 bits per heavy atom. The third-order valence-corrected chi connectivity index (χ3v) is 5.04. The number of likely N-dealkylation sites (tertiary alicyclic amines) is 1. The van der Waals surface area contributed by atoms with Gasteiger partial charge in [-0.25, -0.2) is 0 Å². The Labute approximate surface area is 120 Å². The lowest BCUT2D eigenvalue weighted by Crippen LogP contribution is -2.51. The van der Waals surface area contributed by atoms with Gasteiger partial charge in [-0.15, -0.1) is 0 Å². The number of hydrogen-bond acceptors (Lipinski definition) is 3. The molecule has 3 heteroatoms. The summed E-state index contributed by atoms with van der Waals surface area (Å²) in [5, 5.41) is 3.70. The van der Waals surface area contributed by atoms with Crippen LogP contribution in [0.15, 0.2) is 0 Å². The maximum Gasteiger partial charge on any atom is 0.0192 e. The minimum atomic E-state index is 0.265. The number of piperidine rings is 1. The molecule has 1 aliphatic heterocycles.